The van der Waals surface area contributed by atoms with Crippen molar-refractivity contribution in [2.75, 3.05) is 0 Å². The summed E-state index contributed by atoms with van der Waals surface area (Å²) < 4.78 is 43.1. The van der Waals surface area contributed by atoms with Crippen molar-refractivity contribution in [3.05, 3.63) is 59.7 Å². The quantitative estimate of drug-likeness (QED) is 0.764. The average molecular weight is 391 g/mol. The van der Waals surface area contributed by atoms with Gasteiger partial charge in [-0.05, 0) is 49.3 Å². The molecule has 0 radical (unpaired) electrons. The Hall–Kier alpha value is -2.34. The van der Waals surface area contributed by atoms with E-state index in [1.165, 1.54) is 5.56 Å². The summed E-state index contributed by atoms with van der Waals surface area (Å²) in [5.41, 5.74) is 4.50. The van der Waals surface area contributed by atoms with E-state index < -0.39 is 18.1 Å². The third-order valence-corrected chi connectivity index (χ3v) is 5.01. The molecule has 2 aromatic rings. The lowest BCUT2D eigenvalue weighted by Gasteiger charge is -2.30. The van der Waals surface area contributed by atoms with Crippen LogP contribution in [-0.4, -0.2) is 24.2 Å². The first-order valence-electron chi connectivity index (χ1n) is 9.46. The fourth-order valence-corrected chi connectivity index (χ4v) is 3.53. The zero-order chi connectivity index (χ0) is 20.1. The van der Waals surface area contributed by atoms with E-state index in [1.54, 1.807) is 0 Å². The van der Waals surface area contributed by atoms with E-state index in [0.717, 1.165) is 29.5 Å². The van der Waals surface area contributed by atoms with Crippen LogP contribution in [0.1, 0.15) is 36.8 Å². The monoisotopic (exact) mass is 391 g/mol. The Morgan fingerprint density at radius 3 is 2.54 bits per heavy atom. The summed E-state index contributed by atoms with van der Waals surface area (Å²) >= 11 is 0. The van der Waals surface area contributed by atoms with E-state index in [-0.39, 0.29) is 6.10 Å². The van der Waals surface area contributed by atoms with Crippen molar-refractivity contribution < 1.29 is 22.7 Å². The maximum absolute atomic E-state index is 12.4. The lowest BCUT2D eigenvalue weighted by Crippen LogP contribution is -2.46. The number of carbonyl (C=O) groups excluding carboxylic acids is 1. The molecule has 0 bridgehead atoms. The van der Waals surface area contributed by atoms with Gasteiger partial charge in [-0.1, -0.05) is 54.1 Å². The number of hydrogen-bond donors (Lipinski definition) is 1. The average Bonchev–Trinajstić information content (AvgIpc) is 2.66. The molecule has 0 saturated heterocycles. The van der Waals surface area contributed by atoms with E-state index in [9.17, 15) is 18.0 Å². The van der Waals surface area contributed by atoms with Crippen molar-refractivity contribution in [2.24, 2.45) is 0 Å². The molecule has 150 valence electrons. The van der Waals surface area contributed by atoms with Crippen LogP contribution < -0.4 is 5.32 Å². The van der Waals surface area contributed by atoms with Gasteiger partial charge in [0.05, 0.1) is 12.7 Å². The third-order valence-electron chi connectivity index (χ3n) is 5.01. The number of carbonyl (C=O) groups is 1. The summed E-state index contributed by atoms with van der Waals surface area (Å²) in [6.45, 7) is 2.46. The number of hydrogen-bond acceptors (Lipinski definition) is 2. The van der Waals surface area contributed by atoms with Crippen LogP contribution in [0, 0.1) is 6.92 Å². The minimum Gasteiger partial charge on any atom is -0.373 e. The molecule has 1 N–H and O–H groups in total. The fourth-order valence-electron chi connectivity index (χ4n) is 3.53. The Morgan fingerprint density at radius 2 is 1.86 bits per heavy atom. The first-order chi connectivity index (χ1) is 13.3. The molecule has 2 unspecified atom stereocenters. The standard InChI is InChI=1S/C22H24F3NO2/c1-15-4-2-5-18(12-15)17-10-8-16(9-11-17)14-28-20-7-3-6-19(13-20)26-21(27)22(23,24)25/h2,4-5,8-12,19-20H,3,6-7,13-14H2,1H3,(H,26,27). The van der Waals surface area contributed by atoms with Crippen molar-refractivity contribution in [2.45, 2.75) is 57.5 Å². The lowest BCUT2D eigenvalue weighted by molar-refractivity contribution is -0.174. The summed E-state index contributed by atoms with van der Waals surface area (Å²) in [6, 6.07) is 15.9. The second-order valence-electron chi connectivity index (χ2n) is 7.33. The van der Waals surface area contributed by atoms with Crippen LogP contribution in [0.4, 0.5) is 13.2 Å². The van der Waals surface area contributed by atoms with E-state index in [4.69, 9.17) is 4.74 Å². The van der Waals surface area contributed by atoms with Gasteiger partial charge < -0.3 is 10.1 Å². The Balaban J connectivity index is 1.52. The van der Waals surface area contributed by atoms with Gasteiger partial charge in [-0.3, -0.25) is 4.79 Å². The van der Waals surface area contributed by atoms with Crippen LogP contribution >= 0.6 is 0 Å². The fraction of sp³-hybridized carbons (Fsp3) is 0.409. The Morgan fingerprint density at radius 1 is 1.11 bits per heavy atom. The van der Waals surface area contributed by atoms with Crippen molar-refractivity contribution >= 4 is 5.91 Å². The molecule has 1 fully saturated rings. The van der Waals surface area contributed by atoms with Crippen molar-refractivity contribution in [3.8, 4) is 11.1 Å². The number of nitrogens with one attached hydrogen (secondary N) is 1. The van der Waals surface area contributed by atoms with Gasteiger partial charge >= 0.3 is 12.1 Å². The minimum absolute atomic E-state index is 0.149. The van der Waals surface area contributed by atoms with Gasteiger partial charge in [0.15, 0.2) is 0 Å². The molecule has 6 heteroatoms. The van der Waals surface area contributed by atoms with Gasteiger partial charge in [0.1, 0.15) is 0 Å². The summed E-state index contributed by atoms with van der Waals surface area (Å²) in [5, 5.41) is 2.07. The van der Waals surface area contributed by atoms with Crippen molar-refractivity contribution in [1.82, 2.24) is 5.32 Å². The number of rotatable bonds is 5. The number of ether oxygens (including phenoxy) is 1. The first kappa shape index (κ1) is 20.4. The normalized spacial score (nSPS) is 20.0. The molecule has 2 atom stereocenters. The van der Waals surface area contributed by atoms with Crippen LogP contribution in [0.2, 0.25) is 0 Å². The van der Waals surface area contributed by atoms with Gasteiger partial charge in [-0.25, -0.2) is 0 Å². The Bertz CT molecular complexity index is 802. The molecule has 3 rings (SSSR count). The highest BCUT2D eigenvalue weighted by atomic mass is 19.4. The van der Waals surface area contributed by atoms with Crippen LogP contribution in [0.25, 0.3) is 11.1 Å². The van der Waals surface area contributed by atoms with Crippen molar-refractivity contribution in [3.63, 3.8) is 0 Å². The smallest absolute Gasteiger partial charge is 0.373 e. The minimum atomic E-state index is -4.84. The molecule has 0 spiro atoms. The topological polar surface area (TPSA) is 38.3 Å². The molecular formula is C22H24F3NO2. The van der Waals surface area contributed by atoms with Crippen LogP contribution in [-0.2, 0) is 16.1 Å². The molecule has 2 aromatic carbocycles. The molecular weight excluding hydrogens is 367 g/mol. The van der Waals surface area contributed by atoms with Crippen LogP contribution in [0.5, 0.6) is 0 Å². The molecule has 0 aromatic heterocycles. The number of benzene rings is 2. The highest BCUT2D eigenvalue weighted by molar-refractivity contribution is 5.81. The third kappa shape index (κ3) is 5.58. The molecule has 1 aliphatic rings. The summed E-state index contributed by atoms with van der Waals surface area (Å²) in [7, 11) is 0. The molecule has 0 heterocycles. The Labute approximate surface area is 162 Å². The largest absolute Gasteiger partial charge is 0.471 e. The van der Waals surface area contributed by atoms with Gasteiger partial charge in [0.25, 0.3) is 0 Å². The van der Waals surface area contributed by atoms with E-state index in [1.807, 2.05) is 30.3 Å². The molecule has 1 aliphatic carbocycles. The maximum atomic E-state index is 12.4. The second-order valence-corrected chi connectivity index (χ2v) is 7.33. The van der Waals surface area contributed by atoms with E-state index >= 15 is 0 Å². The van der Waals surface area contributed by atoms with Gasteiger partial charge in [-0.15, -0.1) is 0 Å². The zero-order valence-corrected chi connectivity index (χ0v) is 15.8. The van der Waals surface area contributed by atoms with E-state index in [0.29, 0.717) is 19.4 Å². The van der Waals surface area contributed by atoms with Gasteiger partial charge in [-0.2, -0.15) is 13.2 Å². The first-order valence-corrected chi connectivity index (χ1v) is 9.46. The summed E-state index contributed by atoms with van der Waals surface area (Å²) in [4.78, 5) is 11.1. The Kier molecular flexibility index (Phi) is 6.39. The predicted molar refractivity (Wildman–Crippen MR) is 102 cm³/mol. The van der Waals surface area contributed by atoms with Crippen LogP contribution in [0.15, 0.2) is 48.5 Å². The number of amides is 1. The van der Waals surface area contributed by atoms with Gasteiger partial charge in [0, 0.05) is 6.04 Å². The maximum Gasteiger partial charge on any atom is 0.471 e. The number of aryl methyl sites for hydroxylation is 1. The molecule has 3 nitrogen and oxygen atoms in total. The van der Waals surface area contributed by atoms with E-state index in [2.05, 4.69) is 30.4 Å². The highest BCUT2D eigenvalue weighted by Crippen LogP contribution is 2.25. The molecule has 28 heavy (non-hydrogen) atoms. The molecule has 0 aliphatic heterocycles. The van der Waals surface area contributed by atoms with Crippen LogP contribution in [0.3, 0.4) is 0 Å². The summed E-state index contributed by atoms with van der Waals surface area (Å²) in [5.74, 6) is -1.87. The SMILES string of the molecule is Cc1cccc(-c2ccc(COC3CCCC(NC(=O)C(F)(F)F)C3)cc2)c1. The lowest BCUT2D eigenvalue weighted by atomic mass is 9.92. The molecule has 1 saturated carbocycles. The summed E-state index contributed by atoms with van der Waals surface area (Å²) in [6.07, 6.45) is -2.51. The van der Waals surface area contributed by atoms with Gasteiger partial charge in [0.2, 0.25) is 0 Å². The second kappa shape index (κ2) is 8.78. The highest BCUT2D eigenvalue weighted by Gasteiger charge is 2.40. The zero-order valence-electron chi connectivity index (χ0n) is 15.8. The van der Waals surface area contributed by atoms with Crippen molar-refractivity contribution in [1.29, 1.82) is 0 Å². The number of halogens is 3. The number of alkyl halides is 3. The molecule has 1 amide bonds. The predicted octanol–water partition coefficient (Wildman–Crippen LogP) is 5.17.